The molecule has 0 aliphatic rings. The molecule has 0 aromatic rings. The van der Waals surface area contributed by atoms with Gasteiger partial charge in [-0.05, 0) is 0 Å². The quantitative estimate of drug-likeness (QED) is 0.0803. The van der Waals surface area contributed by atoms with Gasteiger partial charge < -0.3 is 19.3 Å². The highest BCUT2D eigenvalue weighted by Crippen LogP contribution is 2.31. The lowest BCUT2D eigenvalue weighted by Crippen LogP contribution is -2.48. The minimum atomic E-state index is -2.68. The van der Waals surface area contributed by atoms with Crippen molar-refractivity contribution < 1.29 is 33.7 Å². The molecule has 16 heteroatoms. The van der Waals surface area contributed by atoms with Crippen molar-refractivity contribution in [1.29, 1.82) is 0 Å². The van der Waals surface area contributed by atoms with Gasteiger partial charge in [0.2, 0.25) is 12.8 Å². The van der Waals surface area contributed by atoms with Crippen LogP contribution in [0.3, 0.4) is 0 Å². The van der Waals surface area contributed by atoms with Crippen molar-refractivity contribution in [3.05, 3.63) is 0 Å². The fraction of sp³-hybridized carbons (Fsp3) is 0.750. The Morgan fingerprint density at radius 3 is 1.21 bits per heavy atom. The second-order valence-corrected chi connectivity index (χ2v) is 11.8. The molecule has 0 bridgehead atoms. The van der Waals surface area contributed by atoms with Crippen LogP contribution in [0.2, 0.25) is 0 Å². The molecule has 0 atom stereocenters. The van der Waals surface area contributed by atoms with E-state index in [1.54, 1.807) is 0 Å². The van der Waals surface area contributed by atoms with Gasteiger partial charge in [0.05, 0.1) is 12.8 Å². The summed E-state index contributed by atoms with van der Waals surface area (Å²) in [6, 6.07) is 0. The van der Waals surface area contributed by atoms with Crippen LogP contribution in [0.5, 0.6) is 0 Å². The van der Waals surface area contributed by atoms with Gasteiger partial charge in [-0.25, -0.2) is 4.79 Å². The first-order valence-electron chi connectivity index (χ1n) is 7.08. The van der Waals surface area contributed by atoms with Crippen LogP contribution in [0, 0.1) is 0 Å². The van der Waals surface area contributed by atoms with Crippen molar-refractivity contribution in [1.82, 2.24) is 0 Å². The van der Waals surface area contributed by atoms with E-state index < -0.39 is 49.1 Å². The maximum atomic E-state index is 12.5. The summed E-state index contributed by atoms with van der Waals surface area (Å²) in [5.74, 6) is -3.94. The van der Waals surface area contributed by atoms with Crippen molar-refractivity contribution in [3.8, 4) is 0 Å². The van der Waals surface area contributed by atoms with Crippen molar-refractivity contribution in [2.75, 3.05) is 17.3 Å². The smallest absolute Gasteiger partial charge is 0.341 e. The Balaban J connectivity index is 5.55. The maximum absolute atomic E-state index is 12.5. The molecule has 0 aliphatic heterocycles. The Morgan fingerprint density at radius 2 is 0.929 bits per heavy atom. The third-order valence-corrected chi connectivity index (χ3v) is 7.01. The molecule has 0 radical (unpaired) electrons. The topological polar surface area (TPSA) is 99.1 Å². The lowest BCUT2D eigenvalue weighted by molar-refractivity contribution is -0.180. The number of esters is 3. The fourth-order valence-electron chi connectivity index (χ4n) is 1.46. The first kappa shape index (κ1) is 29.5. The Hall–Kier alpha value is 1.52. The molecule has 164 valence electrons. The zero-order valence-corrected chi connectivity index (χ0v) is 22.0. The number of rotatable bonds is 11. The van der Waals surface area contributed by atoms with Gasteiger partial charge in [0, 0.05) is 17.3 Å². The molecule has 1 N–H and O–H groups in total. The van der Waals surface area contributed by atoms with Gasteiger partial charge in [0.15, 0.2) is 5.60 Å². The lowest BCUT2D eigenvalue weighted by Gasteiger charge is -2.31. The van der Waals surface area contributed by atoms with Crippen LogP contribution < -0.4 is 0 Å². The molecule has 0 rings (SSSR count). The molecular weight excluding hydrogens is 545 g/mol. The summed E-state index contributed by atoms with van der Waals surface area (Å²) >= 11 is 35.3. The molecule has 0 aromatic heterocycles. The SMILES string of the molecule is O=C(CC(O)(CC(=O)OC(S)(S)CS)C(=O)OC(S)(S)CS)OC(S)(S)CS. The van der Waals surface area contributed by atoms with Gasteiger partial charge in [-0.2, -0.15) is 37.9 Å². The lowest BCUT2D eigenvalue weighted by atomic mass is 9.95. The summed E-state index contributed by atoms with van der Waals surface area (Å²) in [5.41, 5.74) is -2.68. The van der Waals surface area contributed by atoms with E-state index in [1.165, 1.54) is 0 Å². The highest BCUT2D eigenvalue weighted by Gasteiger charge is 2.47. The van der Waals surface area contributed by atoms with Gasteiger partial charge in [0.25, 0.3) is 0 Å². The van der Waals surface area contributed by atoms with Crippen LogP contribution in [0.15, 0.2) is 0 Å². The highest BCUT2D eigenvalue weighted by atomic mass is 32.2. The number of carbonyl (C=O) groups excluding carboxylic acids is 3. The van der Waals surface area contributed by atoms with Crippen molar-refractivity contribution >= 4 is 132 Å². The minimum absolute atomic E-state index is 0.0876. The normalized spacial score (nSPS) is 13.1. The van der Waals surface area contributed by atoms with Gasteiger partial charge in [0.1, 0.15) is 0 Å². The number of thiol groups is 9. The van der Waals surface area contributed by atoms with E-state index in [0.29, 0.717) is 0 Å². The predicted octanol–water partition coefficient (Wildman–Crippen LogP) is 1.46. The Kier molecular flexibility index (Phi) is 12.6. The van der Waals surface area contributed by atoms with Crippen molar-refractivity contribution in [2.24, 2.45) is 0 Å². The summed E-state index contributed by atoms with van der Waals surface area (Å²) in [4.78, 5) is 36.7. The second-order valence-electron chi connectivity index (χ2n) is 5.43. The standard InChI is InChI=1S/C12H20O7S9/c13-6(17-10(23,24)3-20)1-9(16,8(15)19-12(27,28)5-22)2-7(14)18-11(25,26)4-21/h16,20-28H,1-5H2. The molecular formula is C12H20O7S9. The summed E-state index contributed by atoms with van der Waals surface area (Å²) in [7, 11) is 0. The zero-order chi connectivity index (χ0) is 22.4. The molecule has 0 fully saturated rings. The van der Waals surface area contributed by atoms with E-state index in [4.69, 9.17) is 14.2 Å². The summed E-state index contributed by atoms with van der Waals surface area (Å²) in [6.07, 6.45) is -1.98. The van der Waals surface area contributed by atoms with Crippen LogP contribution >= 0.6 is 114 Å². The molecule has 0 aromatic carbocycles. The zero-order valence-electron chi connectivity index (χ0n) is 14.0. The number of carbonyl (C=O) groups is 3. The number of hydrogen-bond donors (Lipinski definition) is 10. The van der Waals surface area contributed by atoms with Gasteiger partial charge in [-0.3, -0.25) is 9.59 Å². The molecule has 28 heavy (non-hydrogen) atoms. The van der Waals surface area contributed by atoms with E-state index in [9.17, 15) is 19.5 Å². The molecule has 0 heterocycles. The van der Waals surface area contributed by atoms with Crippen LogP contribution in [-0.4, -0.2) is 58.7 Å². The van der Waals surface area contributed by atoms with Crippen LogP contribution in [0.4, 0.5) is 0 Å². The van der Waals surface area contributed by atoms with Crippen molar-refractivity contribution in [3.63, 3.8) is 0 Å². The maximum Gasteiger partial charge on any atom is 0.341 e. The molecule has 0 saturated carbocycles. The third kappa shape index (κ3) is 11.2. The molecule has 7 nitrogen and oxygen atoms in total. The monoisotopic (exact) mass is 564 g/mol. The molecule has 0 aliphatic carbocycles. The van der Waals surface area contributed by atoms with Crippen molar-refractivity contribution in [2.45, 2.75) is 31.2 Å². The summed E-state index contributed by atoms with van der Waals surface area (Å²) in [6.45, 7) is 0. The van der Waals surface area contributed by atoms with Crippen LogP contribution in [-0.2, 0) is 28.6 Å². The van der Waals surface area contributed by atoms with E-state index in [1.807, 2.05) is 0 Å². The second kappa shape index (κ2) is 11.9. The number of ether oxygens (including phenoxy) is 3. The minimum Gasteiger partial charge on any atom is -0.438 e. The van der Waals surface area contributed by atoms with Crippen LogP contribution in [0.25, 0.3) is 0 Å². The van der Waals surface area contributed by atoms with Gasteiger partial charge in [-0.1, -0.05) is 0 Å². The number of aliphatic hydroxyl groups is 1. The highest BCUT2D eigenvalue weighted by molar-refractivity contribution is 8.02. The predicted molar refractivity (Wildman–Crippen MR) is 136 cm³/mol. The summed E-state index contributed by atoms with van der Waals surface area (Å²) in [5, 5.41) is 10.7. The number of hydrogen-bond acceptors (Lipinski definition) is 16. The van der Waals surface area contributed by atoms with E-state index in [-0.39, 0.29) is 17.3 Å². The molecule has 0 spiro atoms. The Labute approximate surface area is 212 Å². The van der Waals surface area contributed by atoms with E-state index in [0.717, 1.165) is 0 Å². The largest absolute Gasteiger partial charge is 0.438 e. The van der Waals surface area contributed by atoms with Gasteiger partial charge in [-0.15, -0.1) is 75.8 Å². The average molecular weight is 565 g/mol. The van der Waals surface area contributed by atoms with E-state index >= 15 is 0 Å². The molecule has 0 unspecified atom stereocenters. The van der Waals surface area contributed by atoms with E-state index in [2.05, 4.69) is 114 Å². The fourth-order valence-corrected chi connectivity index (χ4v) is 2.23. The first-order chi connectivity index (χ1) is 12.5. The third-order valence-electron chi connectivity index (χ3n) is 2.68. The van der Waals surface area contributed by atoms with Gasteiger partial charge >= 0.3 is 17.9 Å². The molecule has 0 amide bonds. The Morgan fingerprint density at radius 1 is 0.643 bits per heavy atom. The first-order valence-corrected chi connectivity index (χ1v) is 11.7. The Bertz CT molecular complexity index is 550. The molecule has 0 saturated heterocycles. The van der Waals surface area contributed by atoms with Crippen LogP contribution in [0.1, 0.15) is 12.8 Å². The summed E-state index contributed by atoms with van der Waals surface area (Å²) < 4.78 is 9.84. The average Bonchev–Trinajstić information content (AvgIpc) is 2.52.